The second-order valence-electron chi connectivity index (χ2n) is 5.61. The van der Waals surface area contributed by atoms with E-state index in [2.05, 4.69) is 53.1 Å². The second kappa shape index (κ2) is 6.37. The Bertz CT molecular complexity index is 700. The zero-order valence-corrected chi connectivity index (χ0v) is 13.2. The summed E-state index contributed by atoms with van der Waals surface area (Å²) in [6, 6.07) is 8.43. The fourth-order valence-electron chi connectivity index (χ4n) is 2.39. The van der Waals surface area contributed by atoms with E-state index >= 15 is 0 Å². The lowest BCUT2D eigenvalue weighted by molar-refractivity contribution is 0.544. The highest BCUT2D eigenvalue weighted by Gasteiger charge is 2.10. The van der Waals surface area contributed by atoms with Crippen LogP contribution in [0.5, 0.6) is 0 Å². The molecule has 2 aromatic heterocycles. The van der Waals surface area contributed by atoms with Crippen molar-refractivity contribution in [1.29, 1.82) is 0 Å². The molecule has 0 aliphatic rings. The summed E-state index contributed by atoms with van der Waals surface area (Å²) in [7, 11) is 0. The molecule has 0 radical (unpaired) electrons. The normalized spacial score (nSPS) is 11.6. The molecule has 21 heavy (non-hydrogen) atoms. The fraction of sp³-hybridized carbons (Fsp3) is 0.375. The molecule has 0 atom stereocenters. The summed E-state index contributed by atoms with van der Waals surface area (Å²) >= 11 is 1.67. The van der Waals surface area contributed by atoms with Crippen molar-refractivity contribution in [2.45, 2.75) is 26.9 Å². The minimum Gasteiger partial charge on any atom is -0.311 e. The molecule has 0 unspecified atom stereocenters. The summed E-state index contributed by atoms with van der Waals surface area (Å²) in [5.74, 6) is 0.649. The van der Waals surface area contributed by atoms with Crippen LogP contribution in [0.25, 0.3) is 10.9 Å². The second-order valence-corrected chi connectivity index (χ2v) is 6.58. The zero-order chi connectivity index (χ0) is 14.7. The molecule has 1 N–H and O–H groups in total. The monoisotopic (exact) mass is 300 g/mol. The Labute approximate surface area is 128 Å². The van der Waals surface area contributed by atoms with Crippen LogP contribution in [0, 0.1) is 5.92 Å². The van der Waals surface area contributed by atoms with E-state index in [0.29, 0.717) is 5.92 Å². The molecule has 0 aliphatic carbocycles. The third-order valence-corrected chi connectivity index (χ3v) is 4.13. The Kier molecular flexibility index (Phi) is 4.31. The van der Waals surface area contributed by atoms with Crippen LogP contribution in [0.1, 0.15) is 24.4 Å². The summed E-state index contributed by atoms with van der Waals surface area (Å²) in [5, 5.41) is 9.51. The Morgan fingerprint density at radius 3 is 2.90 bits per heavy atom. The minimum absolute atomic E-state index is 0.649. The minimum atomic E-state index is 0.649. The molecule has 0 aliphatic heterocycles. The van der Waals surface area contributed by atoms with Crippen LogP contribution < -0.4 is 5.32 Å². The molecule has 2 heterocycles. The van der Waals surface area contributed by atoms with Crippen LogP contribution in [0.2, 0.25) is 0 Å². The van der Waals surface area contributed by atoms with Crippen LogP contribution >= 0.6 is 11.3 Å². The largest absolute Gasteiger partial charge is 0.311 e. The van der Waals surface area contributed by atoms with Gasteiger partial charge in [-0.05, 0) is 18.5 Å². The number of para-hydroxylation sites is 1. The number of fused-ring (bicyclic) bond motifs is 1. The number of benzene rings is 1. The number of aromatic nitrogens is 3. The molecule has 1 aromatic carbocycles. The van der Waals surface area contributed by atoms with Gasteiger partial charge < -0.3 is 5.32 Å². The standard InChI is InChI=1S/C16H20N4S/c1-12(2)7-17-9-15-14-5-3-4-6-16(14)20(19-15)10-13-8-18-11-21-13/h3-6,8,11-12,17H,7,9-10H2,1-2H3. The lowest BCUT2D eigenvalue weighted by atomic mass is 10.2. The molecule has 110 valence electrons. The van der Waals surface area contributed by atoms with Gasteiger partial charge in [0.1, 0.15) is 0 Å². The lowest BCUT2D eigenvalue weighted by Crippen LogP contribution is -2.19. The van der Waals surface area contributed by atoms with Gasteiger partial charge in [-0.1, -0.05) is 32.0 Å². The summed E-state index contributed by atoms with van der Waals surface area (Å²) < 4.78 is 2.08. The number of hydrogen-bond acceptors (Lipinski definition) is 4. The van der Waals surface area contributed by atoms with Gasteiger partial charge in [-0.15, -0.1) is 11.3 Å². The molecule has 3 aromatic rings. The van der Waals surface area contributed by atoms with Gasteiger partial charge in [0.2, 0.25) is 0 Å². The maximum absolute atomic E-state index is 4.79. The molecule has 0 spiro atoms. The average molecular weight is 300 g/mol. The number of hydrogen-bond donors (Lipinski definition) is 1. The molecular weight excluding hydrogens is 280 g/mol. The number of rotatable bonds is 6. The van der Waals surface area contributed by atoms with Gasteiger partial charge in [-0.2, -0.15) is 5.10 Å². The highest BCUT2D eigenvalue weighted by Crippen LogP contribution is 2.20. The quantitative estimate of drug-likeness (QED) is 0.759. The van der Waals surface area contributed by atoms with Crippen molar-refractivity contribution in [3.8, 4) is 0 Å². The van der Waals surface area contributed by atoms with Crippen molar-refractivity contribution in [3.05, 3.63) is 46.5 Å². The van der Waals surface area contributed by atoms with Crippen LogP contribution in [0.15, 0.2) is 36.0 Å². The van der Waals surface area contributed by atoms with Crippen LogP contribution in [-0.4, -0.2) is 21.3 Å². The maximum atomic E-state index is 4.79. The molecule has 4 nitrogen and oxygen atoms in total. The first-order valence-corrected chi connectivity index (χ1v) is 8.14. The number of nitrogens with one attached hydrogen (secondary N) is 1. The van der Waals surface area contributed by atoms with E-state index in [-0.39, 0.29) is 0 Å². The molecule has 0 saturated carbocycles. The molecule has 5 heteroatoms. The van der Waals surface area contributed by atoms with E-state index in [1.165, 1.54) is 15.8 Å². The van der Waals surface area contributed by atoms with E-state index in [4.69, 9.17) is 5.10 Å². The Balaban J connectivity index is 1.86. The van der Waals surface area contributed by atoms with Gasteiger partial charge in [0.15, 0.2) is 0 Å². The smallest absolute Gasteiger partial charge is 0.0841 e. The summed E-state index contributed by atoms with van der Waals surface area (Å²) in [6.07, 6.45) is 1.91. The van der Waals surface area contributed by atoms with Crippen LogP contribution in [0.3, 0.4) is 0 Å². The maximum Gasteiger partial charge on any atom is 0.0841 e. The van der Waals surface area contributed by atoms with Gasteiger partial charge in [0, 0.05) is 23.0 Å². The Hall–Kier alpha value is -1.72. The molecule has 3 rings (SSSR count). The van der Waals surface area contributed by atoms with Crippen molar-refractivity contribution >= 4 is 22.2 Å². The first kappa shape index (κ1) is 14.2. The molecule has 0 bridgehead atoms. The van der Waals surface area contributed by atoms with Crippen molar-refractivity contribution in [3.63, 3.8) is 0 Å². The lowest BCUT2D eigenvalue weighted by Gasteiger charge is -2.05. The van der Waals surface area contributed by atoms with Gasteiger partial charge >= 0.3 is 0 Å². The highest BCUT2D eigenvalue weighted by molar-refractivity contribution is 7.09. The first-order valence-electron chi connectivity index (χ1n) is 7.26. The van der Waals surface area contributed by atoms with Crippen LogP contribution in [-0.2, 0) is 13.1 Å². The van der Waals surface area contributed by atoms with Gasteiger partial charge in [-0.25, -0.2) is 0 Å². The van der Waals surface area contributed by atoms with Crippen molar-refractivity contribution < 1.29 is 0 Å². The first-order chi connectivity index (χ1) is 10.2. The number of thiazole rings is 1. The zero-order valence-electron chi connectivity index (χ0n) is 12.4. The van der Waals surface area contributed by atoms with Crippen molar-refractivity contribution in [2.24, 2.45) is 5.92 Å². The van der Waals surface area contributed by atoms with Crippen molar-refractivity contribution in [1.82, 2.24) is 20.1 Å². The predicted octanol–water partition coefficient (Wildman–Crippen LogP) is 3.29. The number of nitrogens with zero attached hydrogens (tertiary/aromatic N) is 3. The van der Waals surface area contributed by atoms with E-state index in [1.54, 1.807) is 11.3 Å². The van der Waals surface area contributed by atoms with Gasteiger partial charge in [0.05, 0.1) is 23.3 Å². The molecule has 0 saturated heterocycles. The predicted molar refractivity (Wildman–Crippen MR) is 87.5 cm³/mol. The van der Waals surface area contributed by atoms with E-state index in [0.717, 1.165) is 25.3 Å². The van der Waals surface area contributed by atoms with Crippen LogP contribution in [0.4, 0.5) is 0 Å². The van der Waals surface area contributed by atoms with E-state index in [9.17, 15) is 0 Å². The third-order valence-electron chi connectivity index (χ3n) is 3.37. The molecular formula is C16H20N4S. The summed E-state index contributed by atoms with van der Waals surface area (Å²) in [4.78, 5) is 5.37. The van der Waals surface area contributed by atoms with Gasteiger partial charge in [0.25, 0.3) is 0 Å². The summed E-state index contributed by atoms with van der Waals surface area (Å²) in [6.45, 7) is 7.04. The third kappa shape index (κ3) is 3.31. The summed E-state index contributed by atoms with van der Waals surface area (Å²) in [5.41, 5.74) is 4.18. The van der Waals surface area contributed by atoms with E-state index in [1.807, 2.05) is 11.7 Å². The highest BCUT2D eigenvalue weighted by atomic mass is 32.1. The molecule has 0 fully saturated rings. The SMILES string of the molecule is CC(C)CNCc1nn(Cc2cncs2)c2ccccc12. The van der Waals surface area contributed by atoms with Crippen molar-refractivity contribution in [2.75, 3.05) is 6.54 Å². The Morgan fingerprint density at radius 2 is 2.14 bits per heavy atom. The Morgan fingerprint density at radius 1 is 1.29 bits per heavy atom. The topological polar surface area (TPSA) is 42.7 Å². The van der Waals surface area contributed by atoms with Gasteiger partial charge in [-0.3, -0.25) is 9.67 Å². The average Bonchev–Trinajstić information content (AvgIpc) is 3.09. The molecule has 0 amide bonds. The van der Waals surface area contributed by atoms with E-state index < -0.39 is 0 Å². The fourth-order valence-corrected chi connectivity index (χ4v) is 2.97.